The summed E-state index contributed by atoms with van der Waals surface area (Å²) < 4.78 is 1.43. The van der Waals surface area contributed by atoms with E-state index in [1.54, 1.807) is 14.0 Å². The van der Waals surface area contributed by atoms with E-state index in [2.05, 4.69) is 5.10 Å². The van der Waals surface area contributed by atoms with Crippen LogP contribution in [0.15, 0.2) is 0 Å². The van der Waals surface area contributed by atoms with Gasteiger partial charge >= 0.3 is 5.69 Å². The van der Waals surface area contributed by atoms with E-state index in [4.69, 9.17) is 0 Å². The van der Waals surface area contributed by atoms with Crippen molar-refractivity contribution in [2.75, 3.05) is 0 Å². The van der Waals surface area contributed by atoms with Crippen LogP contribution in [0.2, 0.25) is 0 Å². The minimum Gasteiger partial charge on any atom is -0.299 e. The predicted molar refractivity (Wildman–Crippen MR) is 58.3 cm³/mol. The highest BCUT2D eigenvalue weighted by Crippen LogP contribution is 2.31. The Morgan fingerprint density at radius 1 is 1.62 bits per heavy atom. The molecule has 0 aliphatic carbocycles. The van der Waals surface area contributed by atoms with Crippen molar-refractivity contribution in [1.29, 1.82) is 0 Å². The summed E-state index contributed by atoms with van der Waals surface area (Å²) in [6.45, 7) is 4.85. The number of ketones is 1. The van der Waals surface area contributed by atoms with Crippen molar-refractivity contribution in [2.45, 2.75) is 33.1 Å². The Morgan fingerprint density at radius 2 is 2.19 bits per heavy atom. The molecule has 0 spiro atoms. The molecular formula is C10H15N3O3. The lowest BCUT2D eigenvalue weighted by Gasteiger charge is -2.10. The molecule has 1 heterocycles. The van der Waals surface area contributed by atoms with Gasteiger partial charge in [-0.3, -0.25) is 19.6 Å². The molecule has 1 atom stereocenters. The van der Waals surface area contributed by atoms with Gasteiger partial charge in [0.1, 0.15) is 17.2 Å². The number of nitrogens with zero attached hydrogens (tertiary/aromatic N) is 3. The summed E-state index contributed by atoms with van der Waals surface area (Å²) in [6, 6.07) is 0. The monoisotopic (exact) mass is 225 g/mol. The normalized spacial score (nSPS) is 12.5. The second-order valence-corrected chi connectivity index (χ2v) is 3.77. The van der Waals surface area contributed by atoms with Crippen LogP contribution in [0.1, 0.15) is 37.6 Å². The highest BCUT2D eigenvalue weighted by atomic mass is 16.6. The molecule has 0 aliphatic heterocycles. The summed E-state index contributed by atoms with van der Waals surface area (Å²) in [4.78, 5) is 21.9. The molecule has 6 heteroatoms. The minimum atomic E-state index is -0.469. The SMILES string of the molecule is CCC(C(C)=O)c1c([N+](=O)[O-])c(C)nn1C. The molecule has 0 saturated heterocycles. The lowest BCUT2D eigenvalue weighted by atomic mass is 9.96. The Balaban J connectivity index is 3.41. The molecule has 6 nitrogen and oxygen atoms in total. The molecule has 16 heavy (non-hydrogen) atoms. The van der Waals surface area contributed by atoms with E-state index in [0.29, 0.717) is 17.8 Å². The van der Waals surface area contributed by atoms with Crippen LogP contribution in [0.5, 0.6) is 0 Å². The molecule has 0 amide bonds. The first kappa shape index (κ1) is 12.4. The van der Waals surface area contributed by atoms with Crippen molar-refractivity contribution in [3.8, 4) is 0 Å². The van der Waals surface area contributed by atoms with E-state index in [-0.39, 0.29) is 11.5 Å². The summed E-state index contributed by atoms with van der Waals surface area (Å²) in [6.07, 6.45) is 0.537. The Morgan fingerprint density at radius 3 is 2.56 bits per heavy atom. The second-order valence-electron chi connectivity index (χ2n) is 3.77. The maximum Gasteiger partial charge on any atom is 0.313 e. The molecule has 1 rings (SSSR count). The summed E-state index contributed by atoms with van der Waals surface area (Å²) in [5.41, 5.74) is 0.712. The summed E-state index contributed by atoms with van der Waals surface area (Å²) >= 11 is 0. The van der Waals surface area contributed by atoms with E-state index in [1.165, 1.54) is 11.6 Å². The van der Waals surface area contributed by atoms with Crippen molar-refractivity contribution in [3.63, 3.8) is 0 Å². The largest absolute Gasteiger partial charge is 0.313 e. The van der Waals surface area contributed by atoms with Crippen molar-refractivity contribution in [1.82, 2.24) is 9.78 Å². The fourth-order valence-electron chi connectivity index (χ4n) is 1.95. The van der Waals surface area contributed by atoms with Gasteiger partial charge in [0.2, 0.25) is 0 Å². The van der Waals surface area contributed by atoms with E-state index in [9.17, 15) is 14.9 Å². The van der Waals surface area contributed by atoms with Crippen molar-refractivity contribution in [3.05, 3.63) is 21.5 Å². The van der Waals surface area contributed by atoms with Gasteiger partial charge in [0, 0.05) is 7.05 Å². The number of rotatable bonds is 4. The number of aryl methyl sites for hydroxylation is 2. The van der Waals surface area contributed by atoms with Gasteiger partial charge in [-0.15, -0.1) is 0 Å². The topological polar surface area (TPSA) is 78.0 Å². The van der Waals surface area contributed by atoms with Crippen molar-refractivity contribution >= 4 is 11.5 Å². The van der Waals surface area contributed by atoms with Crippen molar-refractivity contribution in [2.24, 2.45) is 7.05 Å². The van der Waals surface area contributed by atoms with Crippen LogP contribution in [-0.2, 0) is 11.8 Å². The van der Waals surface area contributed by atoms with Crippen LogP contribution in [0.25, 0.3) is 0 Å². The Labute approximate surface area is 93.4 Å². The van der Waals surface area contributed by atoms with Crippen LogP contribution in [-0.4, -0.2) is 20.5 Å². The number of carbonyl (C=O) groups is 1. The Kier molecular flexibility index (Phi) is 3.41. The van der Waals surface area contributed by atoms with Crippen molar-refractivity contribution < 1.29 is 9.72 Å². The van der Waals surface area contributed by atoms with E-state index in [0.717, 1.165) is 0 Å². The zero-order chi connectivity index (χ0) is 12.5. The molecule has 1 aromatic rings. The minimum absolute atomic E-state index is 0.0375. The standard InChI is InChI=1S/C10H15N3O3/c1-5-8(7(3)14)10-9(13(15)16)6(2)11-12(10)4/h8H,5H2,1-4H3. The third kappa shape index (κ3) is 1.95. The number of Topliss-reactive ketones (excluding diaryl/α,β-unsaturated/α-hetero) is 1. The van der Waals surface area contributed by atoms with Crippen LogP contribution < -0.4 is 0 Å². The lowest BCUT2D eigenvalue weighted by Crippen LogP contribution is -2.14. The molecule has 0 saturated carbocycles. The van der Waals surface area contributed by atoms with Crippen LogP contribution in [0, 0.1) is 17.0 Å². The van der Waals surface area contributed by atoms with Gasteiger partial charge in [0.25, 0.3) is 0 Å². The molecule has 0 fully saturated rings. The van der Waals surface area contributed by atoms with E-state index in [1.807, 2.05) is 6.92 Å². The predicted octanol–water partition coefficient (Wildman–Crippen LogP) is 1.72. The zero-order valence-electron chi connectivity index (χ0n) is 9.85. The molecule has 0 N–H and O–H groups in total. The number of carbonyl (C=O) groups excluding carboxylic acids is 1. The first-order valence-corrected chi connectivity index (χ1v) is 5.08. The van der Waals surface area contributed by atoms with E-state index >= 15 is 0 Å². The fraction of sp³-hybridized carbons (Fsp3) is 0.600. The lowest BCUT2D eigenvalue weighted by molar-refractivity contribution is -0.386. The van der Waals surface area contributed by atoms with Gasteiger partial charge in [0.05, 0.1) is 10.8 Å². The van der Waals surface area contributed by atoms with Crippen LogP contribution >= 0.6 is 0 Å². The molecule has 0 aromatic carbocycles. The van der Waals surface area contributed by atoms with Gasteiger partial charge in [-0.1, -0.05) is 6.92 Å². The first-order valence-electron chi connectivity index (χ1n) is 5.08. The molecule has 1 unspecified atom stereocenters. The highest BCUT2D eigenvalue weighted by molar-refractivity contribution is 5.84. The fourth-order valence-corrected chi connectivity index (χ4v) is 1.95. The zero-order valence-corrected chi connectivity index (χ0v) is 9.85. The van der Waals surface area contributed by atoms with Gasteiger partial charge in [-0.05, 0) is 20.3 Å². The number of aromatic nitrogens is 2. The third-order valence-electron chi connectivity index (χ3n) is 2.65. The number of hydrogen-bond donors (Lipinski definition) is 0. The highest BCUT2D eigenvalue weighted by Gasteiger charge is 2.31. The summed E-state index contributed by atoms with van der Waals surface area (Å²) in [7, 11) is 1.63. The van der Waals surface area contributed by atoms with Gasteiger partial charge < -0.3 is 0 Å². The Hall–Kier alpha value is -1.72. The maximum absolute atomic E-state index is 11.4. The average molecular weight is 225 g/mol. The molecule has 1 aromatic heterocycles. The third-order valence-corrected chi connectivity index (χ3v) is 2.65. The van der Waals surface area contributed by atoms with Gasteiger partial charge in [-0.25, -0.2) is 0 Å². The number of nitro groups is 1. The molecule has 88 valence electrons. The Bertz CT molecular complexity index is 437. The maximum atomic E-state index is 11.4. The smallest absolute Gasteiger partial charge is 0.299 e. The van der Waals surface area contributed by atoms with E-state index < -0.39 is 10.8 Å². The molecule has 0 aliphatic rings. The summed E-state index contributed by atoms with van der Waals surface area (Å²) in [5, 5.41) is 14.9. The first-order chi connectivity index (χ1) is 7.40. The van der Waals surface area contributed by atoms with Crippen LogP contribution in [0.3, 0.4) is 0 Å². The number of hydrogen-bond acceptors (Lipinski definition) is 4. The van der Waals surface area contributed by atoms with Gasteiger partial charge in [-0.2, -0.15) is 5.10 Å². The molecule has 0 bridgehead atoms. The molecular weight excluding hydrogens is 210 g/mol. The van der Waals surface area contributed by atoms with Gasteiger partial charge in [0.15, 0.2) is 0 Å². The molecule has 0 radical (unpaired) electrons. The quantitative estimate of drug-likeness (QED) is 0.577. The van der Waals surface area contributed by atoms with Crippen LogP contribution in [0.4, 0.5) is 5.69 Å². The average Bonchev–Trinajstić information content (AvgIpc) is 2.42. The summed E-state index contributed by atoms with van der Waals surface area (Å²) in [5.74, 6) is -0.528. The second kappa shape index (κ2) is 4.42.